The fraction of sp³-hybridized carbons (Fsp3) is 0.267. The molecule has 0 N–H and O–H groups in total. The summed E-state index contributed by atoms with van der Waals surface area (Å²) in [6.45, 7) is 4.78. The van der Waals surface area contributed by atoms with Gasteiger partial charge in [0.25, 0.3) is 0 Å². The quantitative estimate of drug-likeness (QED) is 0.589. The van der Waals surface area contributed by atoms with Gasteiger partial charge in [0, 0.05) is 4.88 Å². The molecule has 1 atom stereocenters. The molecule has 104 valence electrons. The number of alkyl halides is 1. The molecule has 3 aromatic rings. The first kappa shape index (κ1) is 13.9. The van der Waals surface area contributed by atoms with Crippen LogP contribution in [0.25, 0.3) is 11.0 Å². The summed E-state index contributed by atoms with van der Waals surface area (Å²) in [6, 6.07) is 10.2. The molecule has 0 fully saturated rings. The lowest BCUT2D eigenvalue weighted by molar-refractivity contribution is 0.750. The number of hydrogen-bond acceptors (Lipinski definition) is 2. The number of imidazole rings is 1. The van der Waals surface area contributed by atoms with E-state index in [2.05, 4.69) is 35.8 Å². The lowest BCUT2D eigenvalue weighted by atomic mass is 10.2. The number of rotatable bonds is 3. The van der Waals surface area contributed by atoms with Gasteiger partial charge in [0.05, 0.1) is 27.3 Å². The molecule has 0 aliphatic rings. The van der Waals surface area contributed by atoms with Crippen LogP contribution in [0.15, 0.2) is 30.3 Å². The number of nitrogens with zero attached hydrogens (tertiary/aromatic N) is 2. The lowest BCUT2D eigenvalue weighted by Gasteiger charge is -2.09. The summed E-state index contributed by atoms with van der Waals surface area (Å²) in [6.07, 6.45) is 0. The summed E-state index contributed by atoms with van der Waals surface area (Å²) in [5.41, 5.74) is 3.32. The van der Waals surface area contributed by atoms with Gasteiger partial charge in [0.2, 0.25) is 0 Å². The van der Waals surface area contributed by atoms with Crippen molar-refractivity contribution >= 4 is 45.6 Å². The van der Waals surface area contributed by atoms with Crippen LogP contribution in [0.1, 0.15) is 28.6 Å². The van der Waals surface area contributed by atoms with E-state index in [1.165, 1.54) is 10.4 Å². The van der Waals surface area contributed by atoms with Crippen molar-refractivity contribution in [2.75, 3.05) is 0 Å². The molecule has 1 unspecified atom stereocenters. The number of hydrogen-bond donors (Lipinski definition) is 0. The predicted molar refractivity (Wildman–Crippen MR) is 87.2 cm³/mol. The molecular formula is C15H14Cl2N2S. The Morgan fingerprint density at radius 2 is 2.10 bits per heavy atom. The molecule has 1 aromatic carbocycles. The Morgan fingerprint density at radius 3 is 2.75 bits per heavy atom. The second kappa shape index (κ2) is 5.40. The van der Waals surface area contributed by atoms with Crippen molar-refractivity contribution in [1.82, 2.24) is 9.55 Å². The van der Waals surface area contributed by atoms with Crippen LogP contribution < -0.4 is 0 Å². The first-order valence-corrected chi connectivity index (χ1v) is 8.03. The molecule has 0 saturated carbocycles. The van der Waals surface area contributed by atoms with Crippen LogP contribution in [0.3, 0.4) is 0 Å². The van der Waals surface area contributed by atoms with Crippen LogP contribution >= 0.6 is 34.5 Å². The summed E-state index contributed by atoms with van der Waals surface area (Å²) in [7, 11) is 0. The van der Waals surface area contributed by atoms with Crippen molar-refractivity contribution in [2.45, 2.75) is 25.8 Å². The van der Waals surface area contributed by atoms with E-state index in [1.807, 2.05) is 13.0 Å². The molecule has 0 bridgehead atoms. The summed E-state index contributed by atoms with van der Waals surface area (Å²) >= 11 is 13.9. The summed E-state index contributed by atoms with van der Waals surface area (Å²) in [5, 5.41) is -0.128. The van der Waals surface area contributed by atoms with Gasteiger partial charge in [-0.2, -0.15) is 0 Å². The standard InChI is InChI=1S/C15H14Cl2N2S/c1-9-4-3-5-12-14(9)18-15(10(2)16)19(12)8-11-6-7-13(17)20-11/h3-7,10H,8H2,1-2H3. The van der Waals surface area contributed by atoms with Gasteiger partial charge < -0.3 is 4.57 Å². The number of fused-ring (bicyclic) bond motifs is 1. The van der Waals surface area contributed by atoms with E-state index in [0.717, 1.165) is 27.7 Å². The van der Waals surface area contributed by atoms with Crippen LogP contribution in [0.4, 0.5) is 0 Å². The van der Waals surface area contributed by atoms with E-state index in [-0.39, 0.29) is 5.38 Å². The van der Waals surface area contributed by atoms with Crippen LogP contribution in [0.5, 0.6) is 0 Å². The molecule has 3 rings (SSSR count). The topological polar surface area (TPSA) is 17.8 Å². The molecule has 0 aliphatic carbocycles. The minimum Gasteiger partial charge on any atom is -0.321 e. The summed E-state index contributed by atoms with van der Waals surface area (Å²) < 4.78 is 2.99. The molecule has 5 heteroatoms. The van der Waals surface area contributed by atoms with E-state index in [9.17, 15) is 0 Å². The first-order chi connectivity index (χ1) is 9.56. The van der Waals surface area contributed by atoms with Gasteiger partial charge in [-0.05, 0) is 37.6 Å². The number of benzene rings is 1. The highest BCUT2D eigenvalue weighted by Crippen LogP contribution is 2.29. The fourth-order valence-electron chi connectivity index (χ4n) is 2.37. The van der Waals surface area contributed by atoms with Crippen LogP contribution in [-0.4, -0.2) is 9.55 Å². The van der Waals surface area contributed by atoms with Gasteiger partial charge >= 0.3 is 0 Å². The largest absolute Gasteiger partial charge is 0.321 e. The number of aryl methyl sites for hydroxylation is 1. The zero-order valence-electron chi connectivity index (χ0n) is 11.2. The minimum absolute atomic E-state index is 0.128. The van der Waals surface area contributed by atoms with Gasteiger partial charge in [-0.3, -0.25) is 0 Å². The molecule has 2 aromatic heterocycles. The fourth-order valence-corrected chi connectivity index (χ4v) is 3.61. The Hall–Kier alpha value is -1.03. The second-order valence-corrected chi connectivity index (χ2v) is 7.27. The summed E-state index contributed by atoms with van der Waals surface area (Å²) in [5.74, 6) is 0.903. The van der Waals surface area contributed by atoms with E-state index < -0.39 is 0 Å². The number of aromatic nitrogens is 2. The smallest absolute Gasteiger partial charge is 0.128 e. The Morgan fingerprint density at radius 1 is 1.30 bits per heavy atom. The molecule has 20 heavy (non-hydrogen) atoms. The highest BCUT2D eigenvalue weighted by Gasteiger charge is 2.16. The maximum atomic E-state index is 6.30. The third kappa shape index (κ3) is 2.46. The van der Waals surface area contributed by atoms with Gasteiger partial charge in [-0.1, -0.05) is 23.7 Å². The van der Waals surface area contributed by atoms with Crippen molar-refractivity contribution < 1.29 is 0 Å². The third-order valence-corrected chi connectivity index (χ3v) is 4.72. The SMILES string of the molecule is Cc1cccc2c1nc(C(C)Cl)n2Cc1ccc(Cl)s1. The van der Waals surface area contributed by atoms with E-state index in [4.69, 9.17) is 28.2 Å². The lowest BCUT2D eigenvalue weighted by Crippen LogP contribution is -2.04. The average molecular weight is 325 g/mol. The maximum Gasteiger partial charge on any atom is 0.128 e. The zero-order valence-corrected chi connectivity index (χ0v) is 13.6. The van der Waals surface area contributed by atoms with E-state index in [0.29, 0.717) is 0 Å². The summed E-state index contributed by atoms with van der Waals surface area (Å²) in [4.78, 5) is 5.92. The van der Waals surface area contributed by atoms with Crippen LogP contribution in [0.2, 0.25) is 4.34 Å². The predicted octanol–water partition coefficient (Wildman–Crippen LogP) is 5.41. The van der Waals surface area contributed by atoms with Crippen molar-refractivity contribution in [2.24, 2.45) is 0 Å². The zero-order chi connectivity index (χ0) is 14.3. The Balaban J connectivity index is 2.16. The number of thiophene rings is 1. The van der Waals surface area contributed by atoms with E-state index >= 15 is 0 Å². The molecule has 0 saturated heterocycles. The number of halogens is 2. The molecule has 0 radical (unpaired) electrons. The van der Waals surface area contributed by atoms with Crippen molar-refractivity contribution in [3.05, 3.63) is 50.9 Å². The number of para-hydroxylation sites is 1. The third-order valence-electron chi connectivity index (χ3n) is 3.31. The maximum absolute atomic E-state index is 6.30. The normalized spacial score (nSPS) is 13.0. The molecule has 0 aliphatic heterocycles. The highest BCUT2D eigenvalue weighted by atomic mass is 35.5. The van der Waals surface area contributed by atoms with Crippen molar-refractivity contribution in [1.29, 1.82) is 0 Å². The van der Waals surface area contributed by atoms with Crippen molar-refractivity contribution in [3.8, 4) is 0 Å². The Labute approximate surface area is 132 Å². The molecule has 0 spiro atoms. The van der Waals surface area contributed by atoms with Gasteiger partial charge in [0.15, 0.2) is 0 Å². The van der Waals surface area contributed by atoms with Crippen LogP contribution in [-0.2, 0) is 6.54 Å². The minimum atomic E-state index is -0.128. The molecular weight excluding hydrogens is 311 g/mol. The molecule has 2 heterocycles. The van der Waals surface area contributed by atoms with Gasteiger partial charge in [-0.25, -0.2) is 4.98 Å². The monoisotopic (exact) mass is 324 g/mol. The van der Waals surface area contributed by atoms with E-state index in [1.54, 1.807) is 11.3 Å². The Bertz CT molecular complexity index is 758. The van der Waals surface area contributed by atoms with Gasteiger partial charge in [-0.15, -0.1) is 22.9 Å². The molecule has 0 amide bonds. The average Bonchev–Trinajstić information content (AvgIpc) is 2.96. The van der Waals surface area contributed by atoms with Crippen LogP contribution in [0, 0.1) is 6.92 Å². The molecule has 2 nitrogen and oxygen atoms in total. The first-order valence-electron chi connectivity index (χ1n) is 6.40. The second-order valence-electron chi connectivity index (χ2n) is 4.82. The highest BCUT2D eigenvalue weighted by molar-refractivity contribution is 7.16. The van der Waals surface area contributed by atoms with Crippen molar-refractivity contribution in [3.63, 3.8) is 0 Å². The Kier molecular flexibility index (Phi) is 3.76. The van der Waals surface area contributed by atoms with Gasteiger partial charge in [0.1, 0.15) is 5.82 Å².